The summed E-state index contributed by atoms with van der Waals surface area (Å²) in [6.45, 7) is 2.63. The van der Waals surface area contributed by atoms with Crippen molar-refractivity contribution in [2.75, 3.05) is 19.6 Å². The fourth-order valence-electron chi connectivity index (χ4n) is 2.13. The maximum Gasteiger partial charge on any atom is 0.218 e. The Bertz CT molecular complexity index is 182. The molecule has 0 aliphatic carbocycles. The summed E-state index contributed by atoms with van der Waals surface area (Å²) < 4.78 is 0. The first-order valence-electron chi connectivity index (χ1n) is 5.46. The molecule has 1 heterocycles. The highest BCUT2D eigenvalue weighted by atomic mass is 16.1. The van der Waals surface area contributed by atoms with E-state index in [1.807, 2.05) is 0 Å². The topological polar surface area (TPSA) is 72.3 Å². The van der Waals surface area contributed by atoms with Crippen LogP contribution in [0, 0.1) is 0 Å². The maximum atomic E-state index is 10.7. The number of primary amides is 1. The first-order chi connectivity index (χ1) is 6.74. The second kappa shape index (κ2) is 5.98. The zero-order chi connectivity index (χ0) is 10.4. The maximum absolute atomic E-state index is 10.7. The molecule has 82 valence electrons. The fraction of sp³-hybridized carbons (Fsp3) is 0.900. The van der Waals surface area contributed by atoms with Crippen molar-refractivity contribution in [2.45, 2.75) is 38.1 Å². The van der Waals surface area contributed by atoms with E-state index in [1.165, 1.54) is 19.3 Å². The van der Waals surface area contributed by atoms with Gasteiger partial charge in [-0.25, -0.2) is 0 Å². The van der Waals surface area contributed by atoms with Crippen molar-refractivity contribution < 1.29 is 4.79 Å². The Labute approximate surface area is 85.6 Å². The normalized spacial score (nSPS) is 23.6. The first kappa shape index (κ1) is 11.5. The Hall–Kier alpha value is -0.610. The lowest BCUT2D eigenvalue weighted by atomic mass is 9.99. The molecule has 1 atom stereocenters. The number of nitrogens with two attached hydrogens (primary N) is 2. The predicted octanol–water partition coefficient (Wildman–Crippen LogP) is 0.0651. The highest BCUT2D eigenvalue weighted by molar-refractivity contribution is 5.73. The SMILES string of the molecule is NCCC1CCCCN1CCC(N)=O. The highest BCUT2D eigenvalue weighted by Crippen LogP contribution is 2.19. The van der Waals surface area contributed by atoms with E-state index in [1.54, 1.807) is 0 Å². The molecule has 0 aromatic rings. The second-order valence-electron chi connectivity index (χ2n) is 3.98. The molecule has 0 aromatic heterocycles. The molecular formula is C10H21N3O. The second-order valence-corrected chi connectivity index (χ2v) is 3.98. The number of hydrogen-bond donors (Lipinski definition) is 2. The average molecular weight is 199 g/mol. The number of likely N-dealkylation sites (tertiary alicyclic amines) is 1. The van der Waals surface area contributed by atoms with Crippen LogP contribution in [0.25, 0.3) is 0 Å². The molecule has 0 saturated carbocycles. The van der Waals surface area contributed by atoms with Crippen LogP contribution in [0.5, 0.6) is 0 Å². The molecule has 0 aromatic carbocycles. The number of hydrogen-bond acceptors (Lipinski definition) is 3. The molecule has 4 heteroatoms. The predicted molar refractivity (Wildman–Crippen MR) is 56.7 cm³/mol. The van der Waals surface area contributed by atoms with Gasteiger partial charge in [0.25, 0.3) is 0 Å². The van der Waals surface area contributed by atoms with Crippen LogP contribution in [0.2, 0.25) is 0 Å². The van der Waals surface area contributed by atoms with E-state index in [-0.39, 0.29) is 5.91 Å². The van der Waals surface area contributed by atoms with Crippen LogP contribution in [0.4, 0.5) is 0 Å². The quantitative estimate of drug-likeness (QED) is 0.658. The molecular weight excluding hydrogens is 178 g/mol. The third-order valence-corrected chi connectivity index (χ3v) is 2.89. The molecule has 1 unspecified atom stereocenters. The lowest BCUT2D eigenvalue weighted by Crippen LogP contribution is -2.42. The van der Waals surface area contributed by atoms with Crippen LogP contribution in [0.3, 0.4) is 0 Å². The number of nitrogens with zero attached hydrogens (tertiary/aromatic N) is 1. The third kappa shape index (κ3) is 3.64. The Kier molecular flexibility index (Phi) is 4.90. The largest absolute Gasteiger partial charge is 0.370 e. The van der Waals surface area contributed by atoms with Gasteiger partial charge in [0, 0.05) is 19.0 Å². The van der Waals surface area contributed by atoms with Crippen LogP contribution < -0.4 is 11.5 Å². The summed E-state index contributed by atoms with van der Waals surface area (Å²) in [6.07, 6.45) is 5.26. The van der Waals surface area contributed by atoms with Crippen LogP contribution in [-0.4, -0.2) is 36.5 Å². The minimum absolute atomic E-state index is 0.206. The van der Waals surface area contributed by atoms with E-state index in [2.05, 4.69) is 4.90 Å². The summed E-state index contributed by atoms with van der Waals surface area (Å²) in [6, 6.07) is 0.577. The van der Waals surface area contributed by atoms with E-state index in [0.29, 0.717) is 12.5 Å². The molecule has 1 aliphatic heterocycles. The number of amides is 1. The van der Waals surface area contributed by atoms with Crippen molar-refractivity contribution in [1.82, 2.24) is 4.90 Å². The molecule has 14 heavy (non-hydrogen) atoms. The summed E-state index contributed by atoms with van der Waals surface area (Å²) >= 11 is 0. The minimum Gasteiger partial charge on any atom is -0.370 e. The van der Waals surface area contributed by atoms with Gasteiger partial charge in [0.2, 0.25) is 5.91 Å². The van der Waals surface area contributed by atoms with E-state index in [0.717, 1.165) is 26.1 Å². The standard InChI is InChI=1S/C10H21N3O/c11-6-4-9-3-1-2-7-13(9)8-5-10(12)14/h9H,1-8,11H2,(H2,12,14). The monoisotopic (exact) mass is 199 g/mol. The number of carbonyl (C=O) groups is 1. The Morgan fingerprint density at radius 2 is 2.21 bits per heavy atom. The fourth-order valence-corrected chi connectivity index (χ4v) is 2.13. The first-order valence-corrected chi connectivity index (χ1v) is 5.46. The molecule has 4 N–H and O–H groups in total. The Morgan fingerprint density at radius 3 is 2.86 bits per heavy atom. The van der Waals surface area contributed by atoms with Crippen LogP contribution in [0.15, 0.2) is 0 Å². The smallest absolute Gasteiger partial charge is 0.218 e. The lowest BCUT2D eigenvalue weighted by Gasteiger charge is -2.35. The van der Waals surface area contributed by atoms with Gasteiger partial charge in [0.1, 0.15) is 0 Å². The van der Waals surface area contributed by atoms with Crippen molar-refractivity contribution >= 4 is 5.91 Å². The van der Waals surface area contributed by atoms with Gasteiger partial charge in [0.15, 0.2) is 0 Å². The van der Waals surface area contributed by atoms with Gasteiger partial charge in [-0.3, -0.25) is 9.69 Å². The number of rotatable bonds is 5. The number of piperidine rings is 1. The molecule has 1 rings (SSSR count). The summed E-state index contributed by atoms with van der Waals surface area (Å²) in [7, 11) is 0. The van der Waals surface area contributed by atoms with Gasteiger partial charge in [-0.15, -0.1) is 0 Å². The van der Waals surface area contributed by atoms with E-state index < -0.39 is 0 Å². The zero-order valence-electron chi connectivity index (χ0n) is 8.74. The molecule has 0 radical (unpaired) electrons. The van der Waals surface area contributed by atoms with Gasteiger partial charge >= 0.3 is 0 Å². The van der Waals surface area contributed by atoms with E-state index in [9.17, 15) is 4.79 Å². The highest BCUT2D eigenvalue weighted by Gasteiger charge is 2.21. The average Bonchev–Trinajstić information content (AvgIpc) is 2.17. The minimum atomic E-state index is -0.206. The molecule has 1 aliphatic rings. The van der Waals surface area contributed by atoms with Crippen LogP contribution in [0.1, 0.15) is 32.1 Å². The van der Waals surface area contributed by atoms with Crippen molar-refractivity contribution in [3.8, 4) is 0 Å². The van der Waals surface area contributed by atoms with E-state index in [4.69, 9.17) is 11.5 Å². The van der Waals surface area contributed by atoms with Gasteiger partial charge in [-0.05, 0) is 32.4 Å². The summed E-state index contributed by atoms with van der Waals surface area (Å²) in [4.78, 5) is 13.0. The van der Waals surface area contributed by atoms with Crippen LogP contribution >= 0.6 is 0 Å². The Morgan fingerprint density at radius 1 is 1.43 bits per heavy atom. The molecule has 4 nitrogen and oxygen atoms in total. The van der Waals surface area contributed by atoms with Gasteiger partial charge in [-0.1, -0.05) is 6.42 Å². The third-order valence-electron chi connectivity index (χ3n) is 2.89. The van der Waals surface area contributed by atoms with Gasteiger partial charge in [-0.2, -0.15) is 0 Å². The summed E-state index contributed by atoms with van der Waals surface area (Å²) in [5, 5.41) is 0. The molecule has 1 amide bonds. The van der Waals surface area contributed by atoms with E-state index >= 15 is 0 Å². The summed E-state index contributed by atoms with van der Waals surface area (Å²) in [5.74, 6) is -0.206. The molecule has 1 saturated heterocycles. The molecule has 0 bridgehead atoms. The van der Waals surface area contributed by atoms with Crippen molar-refractivity contribution in [2.24, 2.45) is 11.5 Å². The van der Waals surface area contributed by atoms with Gasteiger partial charge < -0.3 is 11.5 Å². The van der Waals surface area contributed by atoms with Crippen molar-refractivity contribution in [3.63, 3.8) is 0 Å². The summed E-state index contributed by atoms with van der Waals surface area (Å²) in [5.41, 5.74) is 10.7. The molecule has 0 spiro atoms. The van der Waals surface area contributed by atoms with Crippen molar-refractivity contribution in [1.29, 1.82) is 0 Å². The number of carbonyl (C=O) groups excluding carboxylic acids is 1. The zero-order valence-corrected chi connectivity index (χ0v) is 8.74. The molecule has 1 fully saturated rings. The van der Waals surface area contributed by atoms with Crippen molar-refractivity contribution in [3.05, 3.63) is 0 Å². The Balaban J connectivity index is 2.33. The lowest BCUT2D eigenvalue weighted by molar-refractivity contribution is -0.118. The van der Waals surface area contributed by atoms with Gasteiger partial charge in [0.05, 0.1) is 0 Å². The van der Waals surface area contributed by atoms with Crippen LogP contribution in [-0.2, 0) is 4.79 Å².